The predicted molar refractivity (Wildman–Crippen MR) is 82.2 cm³/mol. The quantitative estimate of drug-likeness (QED) is 0.792. The summed E-state index contributed by atoms with van der Waals surface area (Å²) in [5, 5.41) is 15.9. The summed E-state index contributed by atoms with van der Waals surface area (Å²) in [7, 11) is 0. The maximum atomic E-state index is 12.4. The van der Waals surface area contributed by atoms with Crippen molar-refractivity contribution < 1.29 is 9.90 Å². The first-order valence-corrected chi connectivity index (χ1v) is 8.02. The highest BCUT2D eigenvalue weighted by Gasteiger charge is 2.26. The molecule has 4 nitrogen and oxygen atoms in total. The maximum Gasteiger partial charge on any atom is 0.251 e. The SMILES string of the molecule is O=C(NC1CCCCC1CO)c1ccc2c(c1)CNCC2. The highest BCUT2D eigenvalue weighted by molar-refractivity contribution is 5.94. The second-order valence-electron chi connectivity index (χ2n) is 6.22. The molecule has 1 aromatic carbocycles. The van der Waals surface area contributed by atoms with E-state index >= 15 is 0 Å². The van der Waals surface area contributed by atoms with Crippen molar-refractivity contribution in [3.8, 4) is 0 Å². The van der Waals surface area contributed by atoms with E-state index in [1.54, 1.807) is 0 Å². The zero-order chi connectivity index (χ0) is 14.7. The largest absolute Gasteiger partial charge is 0.396 e. The summed E-state index contributed by atoms with van der Waals surface area (Å²) in [6, 6.07) is 6.13. The van der Waals surface area contributed by atoms with Gasteiger partial charge in [-0.15, -0.1) is 0 Å². The molecule has 2 unspecified atom stereocenters. The Balaban J connectivity index is 1.70. The molecule has 21 heavy (non-hydrogen) atoms. The molecular weight excluding hydrogens is 264 g/mol. The Morgan fingerprint density at radius 2 is 2.14 bits per heavy atom. The molecule has 1 aromatic rings. The molecule has 1 amide bonds. The van der Waals surface area contributed by atoms with E-state index in [0.29, 0.717) is 0 Å². The molecule has 3 rings (SSSR count). The molecule has 0 radical (unpaired) electrons. The summed E-state index contributed by atoms with van der Waals surface area (Å²) in [5.74, 6) is 0.204. The monoisotopic (exact) mass is 288 g/mol. The number of hydrogen-bond acceptors (Lipinski definition) is 3. The Labute approximate surface area is 125 Å². The molecule has 0 spiro atoms. The van der Waals surface area contributed by atoms with Gasteiger partial charge < -0.3 is 15.7 Å². The van der Waals surface area contributed by atoms with E-state index in [2.05, 4.69) is 16.7 Å². The Morgan fingerprint density at radius 3 is 3.00 bits per heavy atom. The van der Waals surface area contributed by atoms with Crippen molar-refractivity contribution in [2.24, 2.45) is 5.92 Å². The van der Waals surface area contributed by atoms with Crippen molar-refractivity contribution in [3.63, 3.8) is 0 Å². The van der Waals surface area contributed by atoms with Crippen molar-refractivity contribution in [2.75, 3.05) is 13.2 Å². The number of carbonyl (C=O) groups excluding carboxylic acids is 1. The van der Waals surface area contributed by atoms with Gasteiger partial charge in [0.15, 0.2) is 0 Å². The lowest BCUT2D eigenvalue weighted by Gasteiger charge is -2.31. The lowest BCUT2D eigenvalue weighted by Crippen LogP contribution is -2.43. The van der Waals surface area contributed by atoms with E-state index in [9.17, 15) is 9.90 Å². The van der Waals surface area contributed by atoms with Gasteiger partial charge >= 0.3 is 0 Å². The molecule has 2 atom stereocenters. The van der Waals surface area contributed by atoms with Gasteiger partial charge in [-0.2, -0.15) is 0 Å². The molecular formula is C17H24N2O2. The molecule has 1 fully saturated rings. The molecule has 0 saturated heterocycles. The lowest BCUT2D eigenvalue weighted by molar-refractivity contribution is 0.0872. The van der Waals surface area contributed by atoms with Crippen LogP contribution < -0.4 is 10.6 Å². The minimum absolute atomic E-state index is 0.00581. The van der Waals surface area contributed by atoms with Gasteiger partial charge in [-0.25, -0.2) is 0 Å². The van der Waals surface area contributed by atoms with Gasteiger partial charge in [-0.3, -0.25) is 4.79 Å². The minimum atomic E-state index is -0.00581. The van der Waals surface area contributed by atoms with Crippen LogP contribution in [0.5, 0.6) is 0 Å². The first-order chi connectivity index (χ1) is 10.3. The molecule has 0 bridgehead atoms. The van der Waals surface area contributed by atoms with Crippen LogP contribution in [0.25, 0.3) is 0 Å². The highest BCUT2D eigenvalue weighted by Crippen LogP contribution is 2.24. The molecule has 3 N–H and O–H groups in total. The lowest BCUT2D eigenvalue weighted by atomic mass is 9.85. The number of rotatable bonds is 3. The maximum absolute atomic E-state index is 12.4. The van der Waals surface area contributed by atoms with Gasteiger partial charge in [-0.1, -0.05) is 18.9 Å². The van der Waals surface area contributed by atoms with Gasteiger partial charge in [-0.05, 0) is 49.1 Å². The third-order valence-corrected chi connectivity index (χ3v) is 4.82. The first kappa shape index (κ1) is 14.5. The van der Waals surface area contributed by atoms with Gasteiger partial charge in [0.2, 0.25) is 0 Å². The third kappa shape index (κ3) is 3.27. The molecule has 114 valence electrons. The van der Waals surface area contributed by atoms with Crippen LogP contribution >= 0.6 is 0 Å². The van der Waals surface area contributed by atoms with Crippen LogP contribution in [0.15, 0.2) is 18.2 Å². The van der Waals surface area contributed by atoms with Crippen molar-refractivity contribution in [1.82, 2.24) is 10.6 Å². The third-order valence-electron chi connectivity index (χ3n) is 4.82. The number of fused-ring (bicyclic) bond motifs is 1. The van der Waals surface area contributed by atoms with Crippen molar-refractivity contribution >= 4 is 5.91 Å². The van der Waals surface area contributed by atoms with Crippen LogP contribution in [0.3, 0.4) is 0 Å². The van der Waals surface area contributed by atoms with Gasteiger partial charge in [0.25, 0.3) is 5.91 Å². The molecule has 2 aliphatic rings. The van der Waals surface area contributed by atoms with Crippen LogP contribution in [0, 0.1) is 5.92 Å². The van der Waals surface area contributed by atoms with E-state index < -0.39 is 0 Å². The highest BCUT2D eigenvalue weighted by atomic mass is 16.3. The van der Waals surface area contributed by atoms with Crippen molar-refractivity contribution in [2.45, 2.75) is 44.7 Å². The van der Waals surface area contributed by atoms with Gasteiger partial charge in [0, 0.05) is 30.7 Å². The average molecular weight is 288 g/mol. The second-order valence-corrected chi connectivity index (χ2v) is 6.22. The Bertz CT molecular complexity index is 516. The number of benzene rings is 1. The number of nitrogens with one attached hydrogen (secondary N) is 2. The smallest absolute Gasteiger partial charge is 0.251 e. The Kier molecular flexibility index (Phi) is 4.56. The zero-order valence-electron chi connectivity index (χ0n) is 12.4. The van der Waals surface area contributed by atoms with Crippen LogP contribution in [0.2, 0.25) is 0 Å². The second kappa shape index (κ2) is 6.58. The fraction of sp³-hybridized carbons (Fsp3) is 0.588. The standard InChI is InChI=1S/C17H24N2O2/c20-11-14-3-1-2-4-16(14)19-17(21)13-6-5-12-7-8-18-10-15(12)9-13/h5-6,9,14,16,18,20H,1-4,7-8,10-11H2,(H,19,21). The number of amides is 1. The van der Waals surface area contributed by atoms with Crippen LogP contribution in [-0.4, -0.2) is 30.2 Å². The Morgan fingerprint density at radius 1 is 1.29 bits per heavy atom. The van der Waals surface area contributed by atoms with Crippen LogP contribution in [-0.2, 0) is 13.0 Å². The van der Waals surface area contributed by atoms with E-state index in [-0.39, 0.29) is 24.5 Å². The fourth-order valence-corrected chi connectivity index (χ4v) is 3.49. The fourth-order valence-electron chi connectivity index (χ4n) is 3.49. The summed E-state index contributed by atoms with van der Waals surface area (Å²) < 4.78 is 0. The molecule has 1 heterocycles. The molecule has 1 saturated carbocycles. The molecule has 1 aliphatic heterocycles. The minimum Gasteiger partial charge on any atom is -0.396 e. The number of carbonyl (C=O) groups is 1. The van der Waals surface area contributed by atoms with E-state index in [1.807, 2.05) is 12.1 Å². The first-order valence-electron chi connectivity index (χ1n) is 8.02. The number of hydrogen-bond donors (Lipinski definition) is 3. The van der Waals surface area contributed by atoms with E-state index in [1.165, 1.54) is 11.1 Å². The molecule has 0 aromatic heterocycles. The van der Waals surface area contributed by atoms with E-state index in [4.69, 9.17) is 0 Å². The summed E-state index contributed by atoms with van der Waals surface area (Å²) in [6.07, 6.45) is 5.31. The van der Waals surface area contributed by atoms with E-state index in [0.717, 1.165) is 50.8 Å². The van der Waals surface area contributed by atoms with Gasteiger partial charge in [0.1, 0.15) is 0 Å². The topological polar surface area (TPSA) is 61.4 Å². The molecule has 4 heteroatoms. The van der Waals surface area contributed by atoms with Crippen molar-refractivity contribution in [3.05, 3.63) is 34.9 Å². The normalized spacial score (nSPS) is 25.2. The van der Waals surface area contributed by atoms with Crippen LogP contribution in [0.4, 0.5) is 0 Å². The predicted octanol–water partition coefficient (Wildman–Crippen LogP) is 1.61. The number of aliphatic hydroxyl groups is 1. The van der Waals surface area contributed by atoms with Crippen LogP contribution in [0.1, 0.15) is 47.2 Å². The number of aliphatic hydroxyl groups excluding tert-OH is 1. The zero-order valence-corrected chi connectivity index (χ0v) is 12.4. The summed E-state index contributed by atoms with van der Waals surface area (Å²) in [4.78, 5) is 12.4. The van der Waals surface area contributed by atoms with Gasteiger partial charge in [0.05, 0.1) is 0 Å². The van der Waals surface area contributed by atoms with Crippen molar-refractivity contribution in [1.29, 1.82) is 0 Å². The summed E-state index contributed by atoms with van der Waals surface area (Å²) in [5.41, 5.74) is 3.31. The Hall–Kier alpha value is -1.39. The summed E-state index contributed by atoms with van der Waals surface area (Å²) in [6.45, 7) is 2.02. The molecule has 1 aliphatic carbocycles. The average Bonchev–Trinajstić information content (AvgIpc) is 2.55. The summed E-state index contributed by atoms with van der Waals surface area (Å²) >= 11 is 0.